The molecule has 6 heteroatoms. The highest BCUT2D eigenvalue weighted by molar-refractivity contribution is 6.52. The minimum atomic E-state index is -1.23. The number of alkyl halides is 2. The lowest BCUT2D eigenvalue weighted by atomic mass is 10.2. The maximum Gasteiger partial charge on any atom is 0.339 e. The Bertz CT molecular complexity index is 227. The molecule has 0 saturated carbocycles. The van der Waals surface area contributed by atoms with Gasteiger partial charge in [0.25, 0.3) is 0 Å². The van der Waals surface area contributed by atoms with Crippen LogP contribution in [0, 0.1) is 5.92 Å². The molecule has 0 rings (SSSR count). The molecule has 0 aliphatic heterocycles. The molecular weight excluding hydrogens is 255 g/mol. The van der Waals surface area contributed by atoms with Crippen molar-refractivity contribution in [2.45, 2.75) is 44.7 Å². The number of carbonyl (C=O) groups is 2. The van der Waals surface area contributed by atoms with Gasteiger partial charge in [-0.05, 0) is 13.8 Å². The van der Waals surface area contributed by atoms with Gasteiger partial charge in [0.2, 0.25) is 4.84 Å². The van der Waals surface area contributed by atoms with Crippen molar-refractivity contribution in [2.75, 3.05) is 0 Å². The van der Waals surface area contributed by atoms with Crippen LogP contribution in [0.2, 0.25) is 0 Å². The fourth-order valence-corrected chi connectivity index (χ4v) is 0.848. The van der Waals surface area contributed by atoms with Crippen LogP contribution in [-0.4, -0.2) is 29.0 Å². The summed E-state index contributed by atoms with van der Waals surface area (Å²) >= 11 is 10.6. The van der Waals surface area contributed by atoms with Gasteiger partial charge in [-0.1, -0.05) is 37.0 Å². The molecule has 0 spiro atoms. The van der Waals surface area contributed by atoms with E-state index in [2.05, 4.69) is 0 Å². The lowest BCUT2D eigenvalue weighted by molar-refractivity contribution is -0.166. The third-order valence-corrected chi connectivity index (χ3v) is 2.27. The van der Waals surface area contributed by atoms with E-state index in [0.717, 1.165) is 0 Å². The molecule has 4 nitrogen and oxygen atoms in total. The molecule has 0 heterocycles. The summed E-state index contributed by atoms with van der Waals surface area (Å²) < 4.78 is 9.93. The highest BCUT2D eigenvalue weighted by Gasteiger charge is 2.24. The van der Waals surface area contributed by atoms with Crippen molar-refractivity contribution in [3.8, 4) is 0 Å². The summed E-state index contributed by atoms with van der Waals surface area (Å²) in [6, 6.07) is 0. The SMILES string of the molecule is CC(C)C(=O)O[C@@H](C)[C@@H](C)OC(=O)C(Cl)Cl. The minimum absolute atomic E-state index is 0.223. The van der Waals surface area contributed by atoms with E-state index >= 15 is 0 Å². The maximum absolute atomic E-state index is 11.3. The van der Waals surface area contributed by atoms with Crippen LogP contribution in [0.15, 0.2) is 0 Å². The van der Waals surface area contributed by atoms with E-state index in [1.54, 1.807) is 27.7 Å². The molecule has 0 aliphatic carbocycles. The van der Waals surface area contributed by atoms with Crippen LogP contribution in [0.3, 0.4) is 0 Å². The normalized spacial score (nSPS) is 14.8. The van der Waals surface area contributed by atoms with Gasteiger partial charge in [-0.15, -0.1) is 0 Å². The molecular formula is C10H16Cl2O4. The Morgan fingerprint density at radius 3 is 1.56 bits per heavy atom. The number of rotatable bonds is 5. The average molecular weight is 271 g/mol. The number of hydrogen-bond acceptors (Lipinski definition) is 4. The first-order valence-corrected chi connectivity index (χ1v) is 5.82. The van der Waals surface area contributed by atoms with Crippen molar-refractivity contribution in [1.82, 2.24) is 0 Å². The molecule has 94 valence electrons. The zero-order valence-corrected chi connectivity index (χ0v) is 11.2. The summed E-state index contributed by atoms with van der Waals surface area (Å²) in [6.45, 7) is 6.68. The van der Waals surface area contributed by atoms with Crippen LogP contribution >= 0.6 is 23.2 Å². The molecule has 0 bridgehead atoms. The Labute approximate surface area is 105 Å². The van der Waals surface area contributed by atoms with Crippen LogP contribution in [0.5, 0.6) is 0 Å². The van der Waals surface area contributed by atoms with Crippen LogP contribution < -0.4 is 0 Å². The molecule has 0 amide bonds. The van der Waals surface area contributed by atoms with E-state index in [-0.39, 0.29) is 11.9 Å². The Kier molecular flexibility index (Phi) is 6.76. The highest BCUT2D eigenvalue weighted by Crippen LogP contribution is 2.11. The van der Waals surface area contributed by atoms with E-state index in [4.69, 9.17) is 32.7 Å². The zero-order valence-electron chi connectivity index (χ0n) is 9.70. The largest absolute Gasteiger partial charge is 0.459 e. The number of carbonyl (C=O) groups excluding carboxylic acids is 2. The van der Waals surface area contributed by atoms with Gasteiger partial charge in [-0.25, -0.2) is 4.79 Å². The van der Waals surface area contributed by atoms with Gasteiger partial charge in [0.05, 0.1) is 5.92 Å². The third-order valence-electron chi connectivity index (χ3n) is 1.91. The Hall–Kier alpha value is -0.480. The van der Waals surface area contributed by atoms with E-state index in [1.807, 2.05) is 0 Å². The lowest BCUT2D eigenvalue weighted by Gasteiger charge is -2.21. The Balaban J connectivity index is 4.14. The minimum Gasteiger partial charge on any atom is -0.459 e. The van der Waals surface area contributed by atoms with Crippen molar-refractivity contribution >= 4 is 35.1 Å². The topological polar surface area (TPSA) is 52.6 Å². The second kappa shape index (κ2) is 6.97. The summed E-state index contributed by atoms with van der Waals surface area (Å²) in [7, 11) is 0. The van der Waals surface area contributed by atoms with Crippen LogP contribution in [0.1, 0.15) is 27.7 Å². The fraction of sp³-hybridized carbons (Fsp3) is 0.800. The third kappa shape index (κ3) is 5.56. The van der Waals surface area contributed by atoms with Crippen LogP contribution in [0.25, 0.3) is 0 Å². The predicted molar refractivity (Wildman–Crippen MR) is 61.4 cm³/mol. The monoisotopic (exact) mass is 270 g/mol. The van der Waals surface area contributed by atoms with Gasteiger partial charge in [-0.3, -0.25) is 4.79 Å². The van der Waals surface area contributed by atoms with Gasteiger partial charge < -0.3 is 9.47 Å². The molecule has 16 heavy (non-hydrogen) atoms. The Morgan fingerprint density at radius 2 is 1.25 bits per heavy atom. The molecule has 0 unspecified atom stereocenters. The van der Waals surface area contributed by atoms with Crippen molar-refractivity contribution in [3.63, 3.8) is 0 Å². The summed E-state index contributed by atoms with van der Waals surface area (Å²) in [5, 5.41) is 0. The zero-order chi connectivity index (χ0) is 12.9. The molecule has 0 radical (unpaired) electrons. The van der Waals surface area contributed by atoms with Crippen LogP contribution in [0.4, 0.5) is 0 Å². The van der Waals surface area contributed by atoms with Crippen LogP contribution in [-0.2, 0) is 19.1 Å². The van der Waals surface area contributed by atoms with Crippen molar-refractivity contribution < 1.29 is 19.1 Å². The first kappa shape index (κ1) is 15.5. The summed E-state index contributed by atoms with van der Waals surface area (Å²) in [5.41, 5.74) is 0. The first-order chi connectivity index (χ1) is 7.25. The quantitative estimate of drug-likeness (QED) is 0.568. The number of esters is 2. The van der Waals surface area contributed by atoms with Crippen molar-refractivity contribution in [2.24, 2.45) is 5.92 Å². The van der Waals surface area contributed by atoms with Crippen molar-refractivity contribution in [1.29, 1.82) is 0 Å². The predicted octanol–water partition coefficient (Wildman–Crippen LogP) is 2.31. The number of halogens is 2. The molecule has 2 atom stereocenters. The van der Waals surface area contributed by atoms with Gasteiger partial charge >= 0.3 is 11.9 Å². The summed E-state index contributed by atoms with van der Waals surface area (Å²) in [4.78, 5) is 21.1. The molecule has 0 fully saturated rings. The molecule has 0 aliphatic rings. The second-order valence-corrected chi connectivity index (χ2v) is 4.84. The lowest BCUT2D eigenvalue weighted by Crippen LogP contribution is -2.33. The molecule has 0 aromatic carbocycles. The molecule has 0 aromatic rings. The average Bonchev–Trinajstić information content (AvgIpc) is 2.16. The Morgan fingerprint density at radius 1 is 0.875 bits per heavy atom. The van der Waals surface area contributed by atoms with E-state index in [1.165, 1.54) is 0 Å². The molecule has 0 aromatic heterocycles. The highest BCUT2D eigenvalue weighted by atomic mass is 35.5. The maximum atomic E-state index is 11.3. The fourth-order valence-electron chi connectivity index (χ4n) is 0.746. The number of hydrogen-bond donors (Lipinski definition) is 0. The number of ether oxygens (including phenoxy) is 2. The molecule has 0 N–H and O–H groups in total. The van der Waals surface area contributed by atoms with Gasteiger partial charge in [0, 0.05) is 0 Å². The summed E-state index contributed by atoms with van der Waals surface area (Å²) in [6.07, 6.45) is -1.12. The van der Waals surface area contributed by atoms with E-state index in [9.17, 15) is 9.59 Å². The smallest absolute Gasteiger partial charge is 0.339 e. The van der Waals surface area contributed by atoms with Crippen molar-refractivity contribution in [3.05, 3.63) is 0 Å². The van der Waals surface area contributed by atoms with Gasteiger partial charge in [0.1, 0.15) is 12.2 Å². The van der Waals surface area contributed by atoms with E-state index in [0.29, 0.717) is 0 Å². The second-order valence-electron chi connectivity index (χ2n) is 3.74. The van der Waals surface area contributed by atoms with Gasteiger partial charge in [-0.2, -0.15) is 0 Å². The molecule has 0 saturated heterocycles. The van der Waals surface area contributed by atoms with Gasteiger partial charge in [0.15, 0.2) is 0 Å². The first-order valence-electron chi connectivity index (χ1n) is 4.94. The van der Waals surface area contributed by atoms with E-state index < -0.39 is 23.0 Å². The standard InChI is InChI=1S/C10H16Cl2O4/c1-5(2)9(13)15-6(3)7(4)16-10(14)8(11)12/h5-8H,1-4H3/t6-,7+/m0/s1. The summed E-state index contributed by atoms with van der Waals surface area (Å²) in [5.74, 6) is -1.31.